The van der Waals surface area contributed by atoms with E-state index >= 15 is 0 Å². The van der Waals surface area contributed by atoms with Crippen LogP contribution in [0, 0.1) is 0 Å². The molecule has 5 rings (SSSR count). The van der Waals surface area contributed by atoms with E-state index in [0.29, 0.717) is 27.7 Å². The van der Waals surface area contributed by atoms with Crippen molar-refractivity contribution in [2.45, 2.75) is 0 Å². The highest BCUT2D eigenvalue weighted by Gasteiger charge is 2.16. The monoisotopic (exact) mass is 415 g/mol. The fraction of sp³-hybridized carbons (Fsp3) is 0. The molecule has 0 unspecified atom stereocenters. The van der Waals surface area contributed by atoms with E-state index in [-0.39, 0.29) is 11.8 Å². The second-order valence-electron chi connectivity index (χ2n) is 6.46. The van der Waals surface area contributed by atoms with Crippen molar-refractivity contribution in [3.63, 3.8) is 0 Å². The maximum absolute atomic E-state index is 12.7. The van der Waals surface area contributed by atoms with Crippen LogP contribution in [0.3, 0.4) is 0 Å². The SMILES string of the molecule is O=C(Nc1ccccc1Oc1nc2ccccc2n2cnnc12)c1ccccc1Cl. The van der Waals surface area contributed by atoms with Crippen molar-refractivity contribution in [2.75, 3.05) is 5.32 Å². The van der Waals surface area contributed by atoms with Gasteiger partial charge in [0.1, 0.15) is 6.33 Å². The van der Waals surface area contributed by atoms with Crippen LogP contribution in [0.2, 0.25) is 5.02 Å². The maximum atomic E-state index is 12.7. The normalized spacial score (nSPS) is 11.0. The van der Waals surface area contributed by atoms with Gasteiger partial charge < -0.3 is 10.1 Å². The Labute approximate surface area is 175 Å². The number of rotatable bonds is 4. The molecule has 0 bridgehead atoms. The number of nitrogens with one attached hydrogen (secondary N) is 1. The Balaban J connectivity index is 1.53. The van der Waals surface area contributed by atoms with E-state index in [2.05, 4.69) is 20.5 Å². The third-order valence-corrected chi connectivity index (χ3v) is 4.89. The Morgan fingerprint density at radius 1 is 0.967 bits per heavy atom. The number of amides is 1. The molecule has 0 saturated heterocycles. The van der Waals surface area contributed by atoms with E-state index in [1.165, 1.54) is 0 Å². The van der Waals surface area contributed by atoms with Gasteiger partial charge in [-0.1, -0.05) is 48.0 Å². The topological polar surface area (TPSA) is 81.4 Å². The number of carbonyl (C=O) groups excluding carboxylic acids is 1. The quantitative estimate of drug-likeness (QED) is 0.448. The fourth-order valence-corrected chi connectivity index (χ4v) is 3.37. The number of para-hydroxylation sites is 4. The van der Waals surface area contributed by atoms with Crippen LogP contribution in [0.5, 0.6) is 11.6 Å². The predicted octanol–water partition coefficient (Wildman–Crippen LogP) is 4.98. The number of carbonyl (C=O) groups is 1. The second kappa shape index (κ2) is 7.46. The highest BCUT2D eigenvalue weighted by Crippen LogP contribution is 2.32. The van der Waals surface area contributed by atoms with Gasteiger partial charge in [0.2, 0.25) is 5.65 Å². The van der Waals surface area contributed by atoms with Gasteiger partial charge in [0.05, 0.1) is 27.3 Å². The van der Waals surface area contributed by atoms with Crippen LogP contribution < -0.4 is 10.1 Å². The highest BCUT2D eigenvalue weighted by molar-refractivity contribution is 6.34. The third-order valence-electron chi connectivity index (χ3n) is 4.56. The highest BCUT2D eigenvalue weighted by atomic mass is 35.5. The number of benzene rings is 3. The van der Waals surface area contributed by atoms with E-state index in [9.17, 15) is 4.79 Å². The number of aromatic nitrogens is 4. The first kappa shape index (κ1) is 18.1. The smallest absolute Gasteiger partial charge is 0.266 e. The van der Waals surface area contributed by atoms with E-state index < -0.39 is 0 Å². The summed E-state index contributed by atoms with van der Waals surface area (Å²) >= 11 is 6.14. The van der Waals surface area contributed by atoms with Gasteiger partial charge in [0, 0.05) is 0 Å². The van der Waals surface area contributed by atoms with Gasteiger partial charge in [-0.3, -0.25) is 9.20 Å². The van der Waals surface area contributed by atoms with Crippen molar-refractivity contribution in [2.24, 2.45) is 0 Å². The van der Waals surface area contributed by atoms with E-state index in [0.717, 1.165) is 11.0 Å². The zero-order valence-electron chi connectivity index (χ0n) is 15.5. The van der Waals surface area contributed by atoms with E-state index in [1.54, 1.807) is 48.8 Å². The molecule has 146 valence electrons. The van der Waals surface area contributed by atoms with Gasteiger partial charge >= 0.3 is 0 Å². The van der Waals surface area contributed by atoms with Crippen LogP contribution in [-0.4, -0.2) is 25.5 Å². The molecule has 8 heteroatoms. The summed E-state index contributed by atoms with van der Waals surface area (Å²) in [5, 5.41) is 11.3. The number of nitrogens with zero attached hydrogens (tertiary/aromatic N) is 4. The van der Waals surface area contributed by atoms with Crippen LogP contribution in [0.15, 0.2) is 79.1 Å². The molecule has 5 aromatic rings. The van der Waals surface area contributed by atoms with Gasteiger partial charge in [-0.05, 0) is 36.4 Å². The van der Waals surface area contributed by atoms with E-state index in [1.807, 2.05) is 34.7 Å². The first-order valence-corrected chi connectivity index (χ1v) is 9.50. The standard InChI is InChI=1S/C22H14ClN5O2/c23-15-8-2-1-7-14(15)21(29)25-17-10-4-6-12-19(17)30-22-20-27-24-13-28(20)18-11-5-3-9-16(18)26-22/h1-13H,(H,25,29). The Bertz CT molecular complexity index is 1400. The van der Waals surface area contributed by atoms with Crippen molar-refractivity contribution in [1.82, 2.24) is 19.6 Å². The lowest BCUT2D eigenvalue weighted by Crippen LogP contribution is -2.13. The molecule has 1 amide bonds. The molecule has 0 aliphatic carbocycles. The van der Waals surface area contributed by atoms with Crippen molar-refractivity contribution in [1.29, 1.82) is 0 Å². The molecule has 30 heavy (non-hydrogen) atoms. The molecular formula is C22H14ClN5O2. The van der Waals surface area contributed by atoms with Crippen LogP contribution in [-0.2, 0) is 0 Å². The average molecular weight is 416 g/mol. The summed E-state index contributed by atoms with van der Waals surface area (Å²) < 4.78 is 7.88. The van der Waals surface area contributed by atoms with Crippen LogP contribution in [0.1, 0.15) is 10.4 Å². The lowest BCUT2D eigenvalue weighted by molar-refractivity contribution is 0.102. The number of hydrogen-bond donors (Lipinski definition) is 1. The minimum Gasteiger partial charge on any atom is -0.434 e. The fourth-order valence-electron chi connectivity index (χ4n) is 3.15. The van der Waals surface area contributed by atoms with Gasteiger partial charge in [-0.25, -0.2) is 4.98 Å². The molecular weight excluding hydrogens is 402 g/mol. The Morgan fingerprint density at radius 2 is 1.73 bits per heavy atom. The molecule has 1 N–H and O–H groups in total. The van der Waals surface area contributed by atoms with Crippen molar-refractivity contribution in [3.8, 4) is 11.6 Å². The first-order chi connectivity index (χ1) is 14.7. The van der Waals surface area contributed by atoms with Gasteiger partial charge in [0.25, 0.3) is 11.8 Å². The lowest BCUT2D eigenvalue weighted by Gasteiger charge is -2.13. The predicted molar refractivity (Wildman–Crippen MR) is 114 cm³/mol. The van der Waals surface area contributed by atoms with Crippen molar-refractivity contribution >= 4 is 39.9 Å². The molecule has 0 saturated carbocycles. The van der Waals surface area contributed by atoms with Gasteiger partial charge in [0.15, 0.2) is 5.75 Å². The molecule has 0 spiro atoms. The Morgan fingerprint density at radius 3 is 2.63 bits per heavy atom. The van der Waals surface area contributed by atoms with E-state index in [4.69, 9.17) is 16.3 Å². The Hall–Kier alpha value is -3.97. The second-order valence-corrected chi connectivity index (χ2v) is 6.87. The maximum Gasteiger partial charge on any atom is 0.266 e. The van der Waals surface area contributed by atoms with Crippen molar-refractivity contribution < 1.29 is 9.53 Å². The number of fused-ring (bicyclic) bond motifs is 3. The van der Waals surface area contributed by atoms with Crippen LogP contribution in [0.25, 0.3) is 16.7 Å². The molecule has 2 aromatic heterocycles. The summed E-state index contributed by atoms with van der Waals surface area (Å²) in [6.07, 6.45) is 1.61. The molecule has 0 atom stereocenters. The molecule has 0 aliphatic heterocycles. The van der Waals surface area contributed by atoms with Gasteiger partial charge in [-0.15, -0.1) is 10.2 Å². The average Bonchev–Trinajstić information content (AvgIpc) is 3.26. The van der Waals surface area contributed by atoms with Crippen molar-refractivity contribution in [3.05, 3.63) is 89.7 Å². The zero-order chi connectivity index (χ0) is 20.5. The minimum atomic E-state index is -0.337. The summed E-state index contributed by atoms with van der Waals surface area (Å²) in [4.78, 5) is 17.3. The molecule has 3 aromatic carbocycles. The Kier molecular flexibility index (Phi) is 4.49. The molecule has 0 aliphatic rings. The summed E-state index contributed by atoms with van der Waals surface area (Å²) in [6, 6.07) is 21.6. The number of hydrogen-bond acceptors (Lipinski definition) is 5. The summed E-state index contributed by atoms with van der Waals surface area (Å²) in [7, 11) is 0. The minimum absolute atomic E-state index is 0.283. The largest absolute Gasteiger partial charge is 0.434 e. The molecule has 2 heterocycles. The molecule has 7 nitrogen and oxygen atoms in total. The summed E-state index contributed by atoms with van der Waals surface area (Å²) in [5.41, 5.74) is 2.93. The summed E-state index contributed by atoms with van der Waals surface area (Å²) in [6.45, 7) is 0. The number of anilines is 1. The van der Waals surface area contributed by atoms with Crippen LogP contribution >= 0.6 is 11.6 Å². The zero-order valence-corrected chi connectivity index (χ0v) is 16.2. The lowest BCUT2D eigenvalue weighted by atomic mass is 10.2. The van der Waals surface area contributed by atoms with Crippen LogP contribution in [0.4, 0.5) is 5.69 Å². The first-order valence-electron chi connectivity index (χ1n) is 9.12. The van der Waals surface area contributed by atoms with Gasteiger partial charge in [-0.2, -0.15) is 0 Å². The third kappa shape index (κ3) is 3.21. The summed E-state index contributed by atoms with van der Waals surface area (Å²) in [5.74, 6) is 0.368. The number of halogens is 1. The molecule has 0 fully saturated rings. The number of ether oxygens (including phenoxy) is 1. The molecule has 0 radical (unpaired) electrons.